The lowest BCUT2D eigenvalue weighted by molar-refractivity contribution is -0.118. The normalized spacial score (nSPS) is 10.9. The number of aryl methyl sites for hydroxylation is 2. The number of rotatable bonds is 6. The Labute approximate surface area is 174 Å². The van der Waals surface area contributed by atoms with Gasteiger partial charge in [0, 0.05) is 6.21 Å². The maximum Gasteiger partial charge on any atom is 0.262 e. The van der Waals surface area contributed by atoms with Crippen LogP contribution in [0.1, 0.15) is 16.7 Å². The van der Waals surface area contributed by atoms with Gasteiger partial charge in [-0.2, -0.15) is 0 Å². The molecule has 148 valence electrons. The number of para-hydroxylation sites is 1. The van der Waals surface area contributed by atoms with E-state index in [0.717, 1.165) is 11.3 Å². The van der Waals surface area contributed by atoms with E-state index < -0.39 is 11.7 Å². The average Bonchev–Trinajstić information content (AvgIpc) is 2.70. The molecule has 0 fully saturated rings. The highest BCUT2D eigenvalue weighted by Gasteiger charge is 2.09. The number of nitrogens with zero attached hydrogens (tertiary/aromatic N) is 1. The summed E-state index contributed by atoms with van der Waals surface area (Å²) < 4.78 is 19.0. The van der Waals surface area contributed by atoms with Crippen molar-refractivity contribution in [3.63, 3.8) is 0 Å². The number of carbonyl (C=O) groups excluding carboxylic acids is 1. The maximum absolute atomic E-state index is 13.6. The summed E-state index contributed by atoms with van der Waals surface area (Å²) in [5.74, 6) is -0.628. The van der Waals surface area contributed by atoms with Gasteiger partial charge in [-0.15, -0.1) is 0 Å². The zero-order valence-corrected chi connectivity index (χ0v) is 16.8. The third kappa shape index (κ3) is 5.65. The molecule has 0 aliphatic rings. The van der Waals surface area contributed by atoms with E-state index in [1.165, 1.54) is 23.3 Å². The summed E-state index contributed by atoms with van der Waals surface area (Å²) in [6, 6.07) is 17.1. The number of carbonyl (C=O) groups is 1. The first-order chi connectivity index (χ1) is 13.9. The number of ether oxygens (including phenoxy) is 1. The van der Waals surface area contributed by atoms with Gasteiger partial charge in [0.2, 0.25) is 0 Å². The number of halogens is 2. The molecule has 0 saturated heterocycles. The summed E-state index contributed by atoms with van der Waals surface area (Å²) in [6.07, 6.45) is 1.71. The first-order valence-corrected chi connectivity index (χ1v) is 9.38. The van der Waals surface area contributed by atoms with Crippen LogP contribution < -0.4 is 10.1 Å². The molecule has 29 heavy (non-hydrogen) atoms. The Morgan fingerprint density at radius 1 is 1.10 bits per heavy atom. The second-order valence-electron chi connectivity index (χ2n) is 6.53. The largest absolute Gasteiger partial charge is 0.482 e. The lowest BCUT2D eigenvalue weighted by Crippen LogP contribution is -2.20. The molecule has 0 radical (unpaired) electrons. The predicted octanol–water partition coefficient (Wildman–Crippen LogP) is 5.86. The Morgan fingerprint density at radius 3 is 2.62 bits per heavy atom. The number of benzene rings is 3. The molecular formula is C23H20ClFN2O2. The number of nitrogens with one attached hydrogen (secondary N) is 1. The molecule has 0 unspecified atom stereocenters. The third-order valence-electron chi connectivity index (χ3n) is 4.32. The lowest BCUT2D eigenvalue weighted by atomic mass is 10.1. The van der Waals surface area contributed by atoms with Crippen LogP contribution in [0.4, 0.5) is 15.8 Å². The lowest BCUT2D eigenvalue weighted by Gasteiger charge is -2.09. The topological polar surface area (TPSA) is 50.7 Å². The Kier molecular flexibility index (Phi) is 6.62. The molecule has 0 saturated carbocycles. The molecule has 4 nitrogen and oxygen atoms in total. The van der Waals surface area contributed by atoms with E-state index in [4.69, 9.17) is 16.3 Å². The summed E-state index contributed by atoms with van der Waals surface area (Å²) in [6.45, 7) is 3.81. The van der Waals surface area contributed by atoms with Crippen LogP contribution in [0, 0.1) is 19.7 Å². The van der Waals surface area contributed by atoms with Crippen molar-refractivity contribution < 1.29 is 13.9 Å². The number of amides is 1. The van der Waals surface area contributed by atoms with Gasteiger partial charge in [0.15, 0.2) is 6.61 Å². The highest BCUT2D eigenvalue weighted by molar-refractivity contribution is 6.32. The number of aliphatic imine (C=N–C) groups is 1. The minimum Gasteiger partial charge on any atom is -0.482 e. The predicted molar refractivity (Wildman–Crippen MR) is 115 cm³/mol. The molecule has 6 heteroatoms. The smallest absolute Gasteiger partial charge is 0.262 e. The van der Waals surface area contributed by atoms with Crippen molar-refractivity contribution >= 4 is 35.1 Å². The Bertz CT molecular complexity index is 1070. The fraction of sp³-hybridized carbons (Fsp3) is 0.130. The molecule has 3 rings (SSSR count). The van der Waals surface area contributed by atoms with Crippen LogP contribution in [-0.2, 0) is 4.79 Å². The van der Waals surface area contributed by atoms with Crippen molar-refractivity contribution in [2.24, 2.45) is 4.99 Å². The van der Waals surface area contributed by atoms with E-state index in [9.17, 15) is 9.18 Å². The first-order valence-electron chi connectivity index (χ1n) is 9.00. The van der Waals surface area contributed by atoms with Gasteiger partial charge < -0.3 is 10.1 Å². The van der Waals surface area contributed by atoms with Crippen LogP contribution in [0.3, 0.4) is 0 Å². The minimum atomic E-state index is -0.508. The molecule has 1 N–H and O–H groups in total. The fourth-order valence-corrected chi connectivity index (χ4v) is 2.81. The maximum atomic E-state index is 13.6. The van der Waals surface area contributed by atoms with Gasteiger partial charge in [0.25, 0.3) is 5.91 Å². The molecular weight excluding hydrogens is 391 g/mol. The monoisotopic (exact) mass is 410 g/mol. The van der Waals surface area contributed by atoms with Crippen LogP contribution in [0.15, 0.2) is 65.7 Å². The SMILES string of the molecule is Cc1ccc(N=Cc2ccc(OCC(=O)Nc3ccccc3F)c(Cl)c2)cc1C. The van der Waals surface area contributed by atoms with Gasteiger partial charge in [-0.3, -0.25) is 9.79 Å². The van der Waals surface area contributed by atoms with Crippen LogP contribution in [0.2, 0.25) is 5.02 Å². The highest BCUT2D eigenvalue weighted by atomic mass is 35.5. The second-order valence-corrected chi connectivity index (χ2v) is 6.94. The molecule has 0 aliphatic carbocycles. The second kappa shape index (κ2) is 9.34. The van der Waals surface area contributed by atoms with Crippen LogP contribution >= 0.6 is 11.6 Å². The Balaban J connectivity index is 1.60. The Morgan fingerprint density at radius 2 is 1.90 bits per heavy atom. The van der Waals surface area contributed by atoms with Crippen molar-refractivity contribution in [1.82, 2.24) is 0 Å². The quantitative estimate of drug-likeness (QED) is 0.517. The molecule has 0 aromatic heterocycles. The van der Waals surface area contributed by atoms with Gasteiger partial charge in [-0.25, -0.2) is 4.39 Å². The summed E-state index contributed by atoms with van der Waals surface area (Å²) in [5, 5.41) is 2.81. The molecule has 0 heterocycles. The van der Waals surface area contributed by atoms with Crippen molar-refractivity contribution in [3.8, 4) is 5.75 Å². The van der Waals surface area contributed by atoms with Crippen LogP contribution in [-0.4, -0.2) is 18.7 Å². The van der Waals surface area contributed by atoms with Crippen molar-refractivity contribution in [2.75, 3.05) is 11.9 Å². The third-order valence-corrected chi connectivity index (χ3v) is 4.61. The van der Waals surface area contributed by atoms with E-state index in [1.807, 2.05) is 25.1 Å². The zero-order chi connectivity index (χ0) is 20.8. The molecule has 3 aromatic rings. The summed E-state index contributed by atoms with van der Waals surface area (Å²) in [4.78, 5) is 16.4. The van der Waals surface area contributed by atoms with Gasteiger partial charge >= 0.3 is 0 Å². The fourth-order valence-electron chi connectivity index (χ4n) is 2.56. The van der Waals surface area contributed by atoms with Crippen LogP contribution in [0.25, 0.3) is 0 Å². The summed E-state index contributed by atoms with van der Waals surface area (Å²) in [5.41, 5.74) is 4.15. The van der Waals surface area contributed by atoms with Gasteiger partial charge in [0.05, 0.1) is 16.4 Å². The highest BCUT2D eigenvalue weighted by Crippen LogP contribution is 2.25. The van der Waals surface area contributed by atoms with E-state index in [1.54, 1.807) is 36.5 Å². The van der Waals surface area contributed by atoms with E-state index in [0.29, 0.717) is 10.8 Å². The molecule has 3 aromatic carbocycles. The van der Waals surface area contributed by atoms with E-state index in [-0.39, 0.29) is 12.3 Å². The van der Waals surface area contributed by atoms with E-state index in [2.05, 4.69) is 17.2 Å². The molecule has 0 aliphatic heterocycles. The first kappa shape index (κ1) is 20.6. The number of anilines is 1. The van der Waals surface area contributed by atoms with Gasteiger partial charge in [-0.1, -0.05) is 29.8 Å². The van der Waals surface area contributed by atoms with E-state index >= 15 is 0 Å². The molecule has 0 atom stereocenters. The summed E-state index contributed by atoms with van der Waals surface area (Å²) >= 11 is 6.25. The van der Waals surface area contributed by atoms with Crippen molar-refractivity contribution in [3.05, 3.63) is 88.2 Å². The molecule has 1 amide bonds. The van der Waals surface area contributed by atoms with Crippen LogP contribution in [0.5, 0.6) is 5.75 Å². The van der Waals surface area contributed by atoms with Crippen molar-refractivity contribution in [1.29, 1.82) is 0 Å². The molecule has 0 bridgehead atoms. The van der Waals surface area contributed by atoms with Gasteiger partial charge in [0.1, 0.15) is 11.6 Å². The summed E-state index contributed by atoms with van der Waals surface area (Å²) in [7, 11) is 0. The number of hydrogen-bond donors (Lipinski definition) is 1. The van der Waals surface area contributed by atoms with Crippen molar-refractivity contribution in [2.45, 2.75) is 13.8 Å². The Hall–Kier alpha value is -3.18. The van der Waals surface area contributed by atoms with Gasteiger partial charge in [-0.05, 0) is 73.0 Å². The average molecular weight is 411 g/mol. The number of hydrogen-bond acceptors (Lipinski definition) is 3. The molecule has 0 spiro atoms. The minimum absolute atomic E-state index is 0.102. The standard InChI is InChI=1S/C23H20ClFN2O2/c1-15-7-9-18(11-16(15)2)26-13-17-8-10-22(19(24)12-17)29-14-23(28)27-21-6-4-3-5-20(21)25/h3-13H,14H2,1-2H3,(H,27,28). The zero-order valence-electron chi connectivity index (χ0n) is 16.1.